The molecule has 1 heteroatoms. The van der Waals surface area contributed by atoms with Crippen LogP contribution in [-0.2, 0) is 0 Å². The Hall–Kier alpha value is -1.00. The van der Waals surface area contributed by atoms with Crippen LogP contribution in [0.15, 0.2) is 24.3 Å². The zero-order chi connectivity index (χ0) is 16.2. The summed E-state index contributed by atoms with van der Waals surface area (Å²) in [5.41, 5.74) is -1.17. The lowest BCUT2D eigenvalue weighted by Gasteiger charge is -2.35. The molecule has 0 aromatic rings. The Morgan fingerprint density at radius 2 is 1.48 bits per heavy atom. The van der Waals surface area contributed by atoms with Crippen molar-refractivity contribution < 1.29 is 5.11 Å². The molecule has 1 nitrogen and oxygen atoms in total. The Balaban J connectivity index is 3.97. The molecule has 0 aromatic heterocycles. The average molecular weight is 290 g/mol. The van der Waals surface area contributed by atoms with E-state index in [9.17, 15) is 5.11 Å². The summed E-state index contributed by atoms with van der Waals surface area (Å²) in [6.07, 6.45) is 17.1. The van der Waals surface area contributed by atoms with Crippen LogP contribution in [-0.4, -0.2) is 10.7 Å². The number of allylic oxidation sites excluding steroid dienone is 4. The van der Waals surface area contributed by atoms with Gasteiger partial charge in [-0.1, -0.05) is 63.8 Å². The second-order valence-corrected chi connectivity index (χ2v) is 6.55. The predicted octanol–water partition coefficient (Wildman–Crippen LogP) is 5.65. The van der Waals surface area contributed by atoms with Crippen molar-refractivity contribution in [3.8, 4) is 11.8 Å². The number of unbranched alkanes of at least 4 members (excludes halogenated alkanes) is 4. The third-order valence-corrected chi connectivity index (χ3v) is 4.12. The minimum absolute atomic E-state index is 0.234. The van der Waals surface area contributed by atoms with E-state index < -0.39 is 5.60 Å². The van der Waals surface area contributed by atoms with E-state index in [4.69, 9.17) is 0 Å². The molecule has 0 bridgehead atoms. The largest absolute Gasteiger partial charge is 0.377 e. The van der Waals surface area contributed by atoms with Crippen LogP contribution < -0.4 is 0 Å². The summed E-state index contributed by atoms with van der Waals surface area (Å²) in [6.45, 7) is 9.94. The molecule has 0 spiro atoms. The van der Waals surface area contributed by atoms with Gasteiger partial charge >= 0.3 is 0 Å². The fourth-order valence-electron chi connectivity index (χ4n) is 2.05. The smallest absolute Gasteiger partial charge is 0.128 e. The quantitative estimate of drug-likeness (QED) is 0.313. The van der Waals surface area contributed by atoms with Gasteiger partial charge in [-0.25, -0.2) is 0 Å². The van der Waals surface area contributed by atoms with Crippen LogP contribution >= 0.6 is 0 Å². The molecular weight excluding hydrogens is 256 g/mol. The second-order valence-electron chi connectivity index (χ2n) is 6.55. The first-order chi connectivity index (χ1) is 9.87. The van der Waals surface area contributed by atoms with Gasteiger partial charge in [0.1, 0.15) is 5.60 Å². The van der Waals surface area contributed by atoms with E-state index in [1.54, 1.807) is 13.8 Å². The third-order valence-electron chi connectivity index (χ3n) is 4.12. The molecule has 0 saturated heterocycles. The summed E-state index contributed by atoms with van der Waals surface area (Å²) >= 11 is 0. The van der Waals surface area contributed by atoms with Gasteiger partial charge in [0.25, 0.3) is 0 Å². The van der Waals surface area contributed by atoms with E-state index in [1.165, 1.54) is 25.7 Å². The molecule has 1 atom stereocenters. The van der Waals surface area contributed by atoms with Gasteiger partial charge in [0.05, 0.1) is 0 Å². The minimum Gasteiger partial charge on any atom is -0.377 e. The van der Waals surface area contributed by atoms with Gasteiger partial charge in [-0.3, -0.25) is 0 Å². The number of hydrogen-bond acceptors (Lipinski definition) is 1. The Morgan fingerprint density at radius 1 is 0.905 bits per heavy atom. The van der Waals surface area contributed by atoms with Crippen LogP contribution in [0, 0.1) is 17.3 Å². The number of hydrogen-bond donors (Lipinski definition) is 1. The van der Waals surface area contributed by atoms with Crippen molar-refractivity contribution in [2.24, 2.45) is 5.41 Å². The lowest BCUT2D eigenvalue weighted by atomic mass is 9.74. The highest BCUT2D eigenvalue weighted by molar-refractivity contribution is 5.16. The summed E-state index contributed by atoms with van der Waals surface area (Å²) in [7, 11) is 0. The van der Waals surface area contributed by atoms with Crippen LogP contribution in [0.25, 0.3) is 0 Å². The third kappa shape index (κ3) is 8.79. The van der Waals surface area contributed by atoms with Crippen LogP contribution in [0.4, 0.5) is 0 Å². The molecule has 0 radical (unpaired) electrons. The summed E-state index contributed by atoms with van der Waals surface area (Å²) in [5, 5.41) is 10.4. The highest BCUT2D eigenvalue weighted by Crippen LogP contribution is 2.34. The molecule has 0 amide bonds. The molecule has 0 aliphatic rings. The van der Waals surface area contributed by atoms with E-state index >= 15 is 0 Å². The predicted molar refractivity (Wildman–Crippen MR) is 94.1 cm³/mol. The zero-order valence-corrected chi connectivity index (χ0v) is 14.7. The molecule has 0 aliphatic heterocycles. The SMILES string of the molecule is CC#CC(C)(O)C(C)(C)CC=CCCC=CCCCCC. The second kappa shape index (κ2) is 10.7. The topological polar surface area (TPSA) is 20.2 Å². The van der Waals surface area contributed by atoms with Gasteiger partial charge in [0.2, 0.25) is 0 Å². The zero-order valence-electron chi connectivity index (χ0n) is 14.7. The first kappa shape index (κ1) is 20.0. The molecule has 0 rings (SSSR count). The molecule has 120 valence electrons. The van der Waals surface area contributed by atoms with Crippen molar-refractivity contribution in [3.63, 3.8) is 0 Å². The van der Waals surface area contributed by atoms with E-state index in [0.717, 1.165) is 19.3 Å². The summed E-state index contributed by atoms with van der Waals surface area (Å²) in [5.74, 6) is 5.73. The Kier molecular flexibility index (Phi) is 10.2. The van der Waals surface area contributed by atoms with Crippen molar-refractivity contribution in [1.29, 1.82) is 0 Å². The summed E-state index contributed by atoms with van der Waals surface area (Å²) in [4.78, 5) is 0. The van der Waals surface area contributed by atoms with E-state index in [0.29, 0.717) is 0 Å². The van der Waals surface area contributed by atoms with Gasteiger partial charge < -0.3 is 5.11 Å². The van der Waals surface area contributed by atoms with Gasteiger partial charge in [0.15, 0.2) is 0 Å². The number of rotatable bonds is 10. The van der Waals surface area contributed by atoms with Crippen molar-refractivity contribution in [2.45, 2.75) is 85.2 Å². The van der Waals surface area contributed by atoms with Crippen molar-refractivity contribution in [3.05, 3.63) is 24.3 Å². The Labute approximate surface area is 132 Å². The molecule has 0 heterocycles. The maximum Gasteiger partial charge on any atom is 0.128 e. The van der Waals surface area contributed by atoms with Crippen LogP contribution in [0.2, 0.25) is 0 Å². The molecule has 1 N–H and O–H groups in total. The van der Waals surface area contributed by atoms with Crippen molar-refractivity contribution in [1.82, 2.24) is 0 Å². The van der Waals surface area contributed by atoms with Crippen molar-refractivity contribution >= 4 is 0 Å². The first-order valence-corrected chi connectivity index (χ1v) is 8.33. The average Bonchev–Trinajstić information content (AvgIpc) is 2.40. The fourth-order valence-corrected chi connectivity index (χ4v) is 2.05. The summed E-state index contributed by atoms with van der Waals surface area (Å²) < 4.78 is 0. The Bertz CT molecular complexity index is 374. The highest BCUT2D eigenvalue weighted by Gasteiger charge is 2.36. The first-order valence-electron chi connectivity index (χ1n) is 8.33. The molecule has 21 heavy (non-hydrogen) atoms. The van der Waals surface area contributed by atoms with Gasteiger partial charge in [0, 0.05) is 5.41 Å². The standard InChI is InChI=1S/C20H34O/c1-6-8-9-10-11-12-13-14-15-16-18-19(3,4)20(5,21)17-7-2/h11-12,15-16,21H,6,8-10,13-14,18H2,1-5H3. The lowest BCUT2D eigenvalue weighted by Crippen LogP contribution is -2.40. The molecule has 0 fully saturated rings. The van der Waals surface area contributed by atoms with Crippen molar-refractivity contribution in [2.75, 3.05) is 0 Å². The van der Waals surface area contributed by atoms with E-state index in [-0.39, 0.29) is 5.41 Å². The highest BCUT2D eigenvalue weighted by atomic mass is 16.3. The minimum atomic E-state index is -0.939. The Morgan fingerprint density at radius 3 is 2.05 bits per heavy atom. The molecular formula is C20H34O. The van der Waals surface area contributed by atoms with Gasteiger partial charge in [-0.05, 0) is 46.0 Å². The van der Waals surface area contributed by atoms with Crippen LogP contribution in [0.1, 0.15) is 79.6 Å². The van der Waals surface area contributed by atoms with E-state index in [2.05, 4.69) is 56.9 Å². The normalized spacial score (nSPS) is 15.1. The molecule has 1 unspecified atom stereocenters. The van der Waals surface area contributed by atoms with Gasteiger partial charge in [-0.15, -0.1) is 5.92 Å². The van der Waals surface area contributed by atoms with Gasteiger partial charge in [-0.2, -0.15) is 0 Å². The maximum atomic E-state index is 10.4. The molecule has 0 aliphatic carbocycles. The van der Waals surface area contributed by atoms with Crippen LogP contribution in [0.5, 0.6) is 0 Å². The maximum absolute atomic E-state index is 10.4. The molecule has 0 saturated carbocycles. The van der Waals surface area contributed by atoms with Crippen LogP contribution in [0.3, 0.4) is 0 Å². The summed E-state index contributed by atoms with van der Waals surface area (Å²) in [6, 6.07) is 0. The number of aliphatic hydroxyl groups is 1. The monoisotopic (exact) mass is 290 g/mol. The fraction of sp³-hybridized carbons (Fsp3) is 0.700. The van der Waals surface area contributed by atoms with E-state index in [1.807, 2.05) is 0 Å². The lowest BCUT2D eigenvalue weighted by molar-refractivity contribution is 0.00282. The molecule has 0 aromatic carbocycles.